The summed E-state index contributed by atoms with van der Waals surface area (Å²) in [7, 11) is -4.16. The molecule has 2 atom stereocenters. The number of fused-ring (bicyclic) bond motifs is 1. The second-order valence-corrected chi connectivity index (χ2v) is 14.8. The van der Waals surface area contributed by atoms with E-state index in [2.05, 4.69) is 10.6 Å². The summed E-state index contributed by atoms with van der Waals surface area (Å²) >= 11 is 16.0. The van der Waals surface area contributed by atoms with Gasteiger partial charge in [0, 0.05) is 45.0 Å². The first kappa shape index (κ1) is 33.4. The molecule has 1 saturated heterocycles. The summed E-state index contributed by atoms with van der Waals surface area (Å²) in [5.41, 5.74) is 0.484. The number of benzene rings is 1. The number of halogens is 2. The summed E-state index contributed by atoms with van der Waals surface area (Å²) in [6, 6.07) is 7.55. The molecule has 4 N–H and O–H groups in total. The molecule has 0 spiro atoms. The predicted octanol–water partition coefficient (Wildman–Crippen LogP) is 1.91. The molecular weight excluding hydrogens is 683 g/mol. The van der Waals surface area contributed by atoms with Gasteiger partial charge in [-0.1, -0.05) is 23.2 Å². The average Bonchev–Trinajstić information content (AvgIpc) is 2.94. The van der Waals surface area contributed by atoms with Crippen LogP contribution in [-0.2, 0) is 35.8 Å². The van der Waals surface area contributed by atoms with E-state index in [9.17, 15) is 32.7 Å². The minimum absolute atomic E-state index is 0.000531. The topological polar surface area (TPSA) is 174 Å². The number of pyridine rings is 1. The smallest absolute Gasteiger partial charge is 0.352 e. The monoisotopic (exact) mass is 707 g/mol. The molecule has 1 fully saturated rings. The summed E-state index contributed by atoms with van der Waals surface area (Å²) in [6.45, 7) is -0.276. The van der Waals surface area contributed by atoms with Gasteiger partial charge in [-0.25, -0.2) is 4.79 Å². The maximum Gasteiger partial charge on any atom is 0.352 e. The number of carboxylic acid groups (broad SMARTS) is 1. The van der Waals surface area contributed by atoms with Gasteiger partial charge in [0.1, 0.15) is 17.1 Å². The molecule has 0 aliphatic carbocycles. The van der Waals surface area contributed by atoms with Crippen LogP contribution in [0.1, 0.15) is 0 Å². The lowest BCUT2D eigenvalue weighted by molar-refractivity contribution is -0.684. The second kappa shape index (κ2) is 14.5. The van der Waals surface area contributed by atoms with Crippen LogP contribution in [0.2, 0.25) is 10.0 Å². The van der Waals surface area contributed by atoms with Crippen LogP contribution in [0, 0.1) is 0 Å². The summed E-state index contributed by atoms with van der Waals surface area (Å²) in [5, 5.41) is 15.4. The van der Waals surface area contributed by atoms with Gasteiger partial charge in [0.05, 0.1) is 16.5 Å². The minimum atomic E-state index is -4.16. The highest BCUT2D eigenvalue weighted by Crippen LogP contribution is 2.41. The zero-order valence-electron chi connectivity index (χ0n) is 22.1. The van der Waals surface area contributed by atoms with E-state index in [0.29, 0.717) is 32.0 Å². The number of β-lactam (4-membered cyclic amide) rings is 1. The first-order valence-electron chi connectivity index (χ1n) is 12.4. The second-order valence-electron chi connectivity index (χ2n) is 9.21. The molecule has 4 rings (SSSR count). The first-order chi connectivity index (χ1) is 20.3. The molecule has 43 heavy (non-hydrogen) atoms. The number of carboxylic acids is 1. The number of carbonyl (C=O) groups is 4. The Bertz CT molecular complexity index is 1570. The standard InChI is InChI=1S/C25H24Cl2N4O8S4/c26-15-1-2-17(27)18(9-15)41-13-20(33)29-21-23(34)31-22(25(35)36)14(12-42-24(21)31)11-40-16-3-6-30(7-4-16)10-19(32)28-5-8-43(37,38)39/h1-4,6-7,9,21,24H,5,8,10-13H2,(H3-,28,29,32,33,35,36,37,38,39)/p+1/t21-,24-/m1/s1. The van der Waals surface area contributed by atoms with Gasteiger partial charge in [0.25, 0.3) is 21.9 Å². The van der Waals surface area contributed by atoms with Gasteiger partial charge in [-0.05, 0) is 23.8 Å². The molecule has 12 nitrogen and oxygen atoms in total. The van der Waals surface area contributed by atoms with Gasteiger partial charge < -0.3 is 15.7 Å². The lowest BCUT2D eigenvalue weighted by Crippen LogP contribution is -2.70. The molecule has 18 heteroatoms. The van der Waals surface area contributed by atoms with Crippen molar-refractivity contribution in [2.24, 2.45) is 0 Å². The molecule has 3 amide bonds. The van der Waals surface area contributed by atoms with Crippen LogP contribution in [-0.4, -0.2) is 87.6 Å². The molecule has 230 valence electrons. The van der Waals surface area contributed by atoms with Gasteiger partial charge in [-0.2, -0.15) is 13.0 Å². The molecule has 1 aromatic heterocycles. The SMILES string of the molecule is O=C(C[n+]1ccc(SCC2=C(C(=O)O)N3C(=O)[C@@H](NC(=O)CSc4cc(Cl)ccc4Cl)[C@H]3SC2)cc1)NCCS(=O)(=O)O. The average molecular weight is 709 g/mol. The molecule has 3 heterocycles. The van der Waals surface area contributed by atoms with Crippen LogP contribution >= 0.6 is 58.5 Å². The number of nitrogens with zero attached hydrogens (tertiary/aromatic N) is 2. The van der Waals surface area contributed by atoms with E-state index in [0.717, 1.165) is 4.90 Å². The highest BCUT2D eigenvalue weighted by atomic mass is 35.5. The highest BCUT2D eigenvalue weighted by molar-refractivity contribution is 8.01. The van der Waals surface area contributed by atoms with E-state index in [-0.39, 0.29) is 24.5 Å². The molecule has 0 radical (unpaired) electrons. The number of hydrogen-bond donors (Lipinski definition) is 4. The summed E-state index contributed by atoms with van der Waals surface area (Å²) in [6.07, 6.45) is 3.29. The van der Waals surface area contributed by atoms with Crippen LogP contribution in [0.15, 0.2) is 63.8 Å². The Labute approximate surface area is 269 Å². The predicted molar refractivity (Wildman–Crippen MR) is 164 cm³/mol. The van der Waals surface area contributed by atoms with Crippen molar-refractivity contribution >= 4 is 92.3 Å². The number of thioether (sulfide) groups is 3. The van der Waals surface area contributed by atoms with Crippen molar-refractivity contribution in [1.82, 2.24) is 15.5 Å². The van der Waals surface area contributed by atoms with Gasteiger partial charge in [-0.15, -0.1) is 35.3 Å². The fraction of sp³-hybridized carbons (Fsp3) is 0.320. The van der Waals surface area contributed by atoms with Crippen LogP contribution in [0.4, 0.5) is 0 Å². The number of carbonyl (C=O) groups excluding carboxylic acids is 3. The van der Waals surface area contributed by atoms with Gasteiger partial charge in [0.2, 0.25) is 12.5 Å². The van der Waals surface area contributed by atoms with Gasteiger partial charge >= 0.3 is 5.97 Å². The lowest BCUT2D eigenvalue weighted by Gasteiger charge is -2.49. The molecule has 0 saturated carbocycles. The Hall–Kier alpha value is -2.47. The van der Waals surface area contributed by atoms with E-state index in [1.807, 2.05) is 0 Å². The molecule has 2 aromatic rings. The van der Waals surface area contributed by atoms with E-state index in [1.54, 1.807) is 47.3 Å². The zero-order valence-corrected chi connectivity index (χ0v) is 26.8. The molecule has 1 aromatic carbocycles. The number of aromatic nitrogens is 1. The van der Waals surface area contributed by atoms with Crippen molar-refractivity contribution in [3.8, 4) is 0 Å². The van der Waals surface area contributed by atoms with Crippen molar-refractivity contribution in [3.63, 3.8) is 0 Å². The molecule has 2 aliphatic rings. The number of amides is 3. The number of rotatable bonds is 13. The Morgan fingerprint density at radius 2 is 1.84 bits per heavy atom. The molecular formula is C25H25Cl2N4O8S4+. The van der Waals surface area contributed by atoms with Crippen LogP contribution in [0.3, 0.4) is 0 Å². The fourth-order valence-corrected chi connectivity index (χ4v) is 8.13. The lowest BCUT2D eigenvalue weighted by atomic mass is 10.0. The van der Waals surface area contributed by atoms with Crippen molar-refractivity contribution in [1.29, 1.82) is 0 Å². The largest absolute Gasteiger partial charge is 0.477 e. The first-order valence-corrected chi connectivity index (χ1v) is 17.8. The van der Waals surface area contributed by atoms with Crippen molar-refractivity contribution in [2.75, 3.05) is 29.6 Å². The van der Waals surface area contributed by atoms with E-state index >= 15 is 0 Å². The van der Waals surface area contributed by atoms with Gasteiger partial charge in [-0.3, -0.25) is 23.8 Å². The quantitative estimate of drug-likeness (QED) is 0.104. The normalized spacial score (nSPS) is 18.1. The third-order valence-corrected chi connectivity index (χ3v) is 11.0. The number of nitrogens with one attached hydrogen (secondary N) is 2. The Balaban J connectivity index is 1.30. The van der Waals surface area contributed by atoms with Crippen LogP contribution in [0.25, 0.3) is 0 Å². The van der Waals surface area contributed by atoms with Crippen LogP contribution in [0.5, 0.6) is 0 Å². The van der Waals surface area contributed by atoms with Crippen molar-refractivity contribution in [3.05, 3.63) is 64.0 Å². The molecule has 0 unspecified atom stereocenters. The Morgan fingerprint density at radius 1 is 1.12 bits per heavy atom. The third kappa shape index (κ3) is 9.03. The Morgan fingerprint density at radius 3 is 2.51 bits per heavy atom. The summed E-state index contributed by atoms with van der Waals surface area (Å²) in [5.74, 6) is -2.46. The van der Waals surface area contributed by atoms with Crippen molar-refractivity contribution in [2.45, 2.75) is 27.8 Å². The molecule has 2 aliphatic heterocycles. The van der Waals surface area contributed by atoms with E-state index in [1.165, 1.54) is 40.2 Å². The van der Waals surface area contributed by atoms with E-state index < -0.39 is 51.0 Å². The zero-order chi connectivity index (χ0) is 31.3. The number of aliphatic carboxylic acids is 1. The van der Waals surface area contributed by atoms with Gasteiger partial charge in [0.15, 0.2) is 12.4 Å². The highest BCUT2D eigenvalue weighted by Gasteiger charge is 2.54. The fourth-order valence-electron chi connectivity index (χ4n) is 4.10. The summed E-state index contributed by atoms with van der Waals surface area (Å²) < 4.78 is 31.8. The minimum Gasteiger partial charge on any atom is -0.477 e. The molecule has 0 bridgehead atoms. The number of hydrogen-bond acceptors (Lipinski definition) is 9. The third-order valence-electron chi connectivity index (χ3n) is 6.10. The van der Waals surface area contributed by atoms with Crippen LogP contribution < -0.4 is 15.2 Å². The maximum atomic E-state index is 13.0. The Kier molecular flexibility index (Phi) is 11.3. The van der Waals surface area contributed by atoms with Crippen molar-refractivity contribution < 1.29 is 41.8 Å². The maximum absolute atomic E-state index is 13.0. The summed E-state index contributed by atoms with van der Waals surface area (Å²) in [4.78, 5) is 52.3. The van der Waals surface area contributed by atoms with E-state index in [4.69, 9.17) is 27.8 Å².